The van der Waals surface area contributed by atoms with Crippen molar-refractivity contribution in [3.8, 4) is 0 Å². The number of para-hydroxylation sites is 1. The first kappa shape index (κ1) is 12.8. The maximum absolute atomic E-state index is 6.12. The lowest BCUT2D eigenvalue weighted by atomic mass is 10.0. The van der Waals surface area contributed by atoms with Crippen LogP contribution in [0.5, 0.6) is 0 Å². The van der Waals surface area contributed by atoms with Crippen molar-refractivity contribution in [1.82, 2.24) is 0 Å². The van der Waals surface area contributed by atoms with Gasteiger partial charge in [-0.2, -0.15) is 0 Å². The smallest absolute Gasteiger partial charge is 0.0439 e. The number of hydrogen-bond donors (Lipinski definition) is 1. The van der Waals surface area contributed by atoms with Gasteiger partial charge >= 0.3 is 0 Å². The first-order chi connectivity index (χ1) is 7.61. The predicted octanol–water partition coefficient (Wildman–Crippen LogP) is 3.11. The van der Waals surface area contributed by atoms with E-state index in [0.717, 1.165) is 6.42 Å². The number of nitrogens with two attached hydrogens (primary N) is 1. The highest BCUT2D eigenvalue weighted by Gasteiger charge is 2.14. The van der Waals surface area contributed by atoms with E-state index in [2.05, 4.69) is 44.5 Å². The molecule has 0 aliphatic carbocycles. The number of anilines is 1. The van der Waals surface area contributed by atoms with Crippen molar-refractivity contribution in [2.45, 2.75) is 32.4 Å². The monoisotopic (exact) mass is 218 g/mol. The number of hydrogen-bond acceptors (Lipinski definition) is 2. The summed E-state index contributed by atoms with van der Waals surface area (Å²) in [6.45, 7) is 8.06. The van der Waals surface area contributed by atoms with Gasteiger partial charge in [-0.05, 0) is 25.0 Å². The number of likely N-dealkylation sites (N-methyl/N-ethyl adjacent to an activating group) is 1. The van der Waals surface area contributed by atoms with E-state index in [1.165, 1.54) is 11.3 Å². The molecule has 2 heteroatoms. The standard InChI is InChI=1S/C14H22N2/c1-5-11(3)16(4)14-10-8-7-9-12(14)13(15)6-2/h5,7-11,13H,1,6,15H2,2-4H3. The molecule has 1 aromatic rings. The zero-order valence-electron chi connectivity index (χ0n) is 10.5. The van der Waals surface area contributed by atoms with Gasteiger partial charge in [-0.3, -0.25) is 0 Å². The second kappa shape index (κ2) is 5.71. The molecule has 16 heavy (non-hydrogen) atoms. The third kappa shape index (κ3) is 2.64. The van der Waals surface area contributed by atoms with E-state index >= 15 is 0 Å². The van der Waals surface area contributed by atoms with Gasteiger partial charge in [-0.15, -0.1) is 6.58 Å². The molecule has 0 aliphatic rings. The normalized spacial score (nSPS) is 14.2. The first-order valence-corrected chi connectivity index (χ1v) is 5.81. The van der Waals surface area contributed by atoms with Crippen LogP contribution in [0.2, 0.25) is 0 Å². The van der Waals surface area contributed by atoms with E-state index in [4.69, 9.17) is 5.73 Å². The first-order valence-electron chi connectivity index (χ1n) is 5.81. The molecule has 1 rings (SSSR count). The minimum atomic E-state index is 0.107. The Hall–Kier alpha value is -1.28. The van der Waals surface area contributed by atoms with Crippen LogP contribution in [0.1, 0.15) is 31.9 Å². The average molecular weight is 218 g/mol. The Kier molecular flexibility index (Phi) is 4.56. The zero-order valence-corrected chi connectivity index (χ0v) is 10.5. The molecule has 0 saturated heterocycles. The Morgan fingerprint density at radius 3 is 2.62 bits per heavy atom. The number of rotatable bonds is 5. The Balaban J connectivity index is 3.07. The van der Waals surface area contributed by atoms with E-state index in [0.29, 0.717) is 6.04 Å². The summed E-state index contributed by atoms with van der Waals surface area (Å²) in [5.74, 6) is 0. The summed E-state index contributed by atoms with van der Waals surface area (Å²) in [4.78, 5) is 2.21. The third-order valence-corrected chi connectivity index (χ3v) is 3.11. The summed E-state index contributed by atoms with van der Waals surface area (Å²) < 4.78 is 0. The summed E-state index contributed by atoms with van der Waals surface area (Å²) in [5, 5.41) is 0. The molecule has 0 spiro atoms. The SMILES string of the molecule is C=CC(C)N(C)c1ccccc1C(N)CC. The maximum Gasteiger partial charge on any atom is 0.0439 e. The van der Waals surface area contributed by atoms with Crippen molar-refractivity contribution >= 4 is 5.69 Å². The quantitative estimate of drug-likeness (QED) is 0.769. The van der Waals surface area contributed by atoms with Gasteiger partial charge in [-0.1, -0.05) is 31.2 Å². The molecular formula is C14H22N2. The van der Waals surface area contributed by atoms with Gasteiger partial charge in [0.25, 0.3) is 0 Å². The molecule has 0 aromatic heterocycles. The van der Waals surface area contributed by atoms with Crippen LogP contribution in [0.15, 0.2) is 36.9 Å². The number of benzene rings is 1. The van der Waals surface area contributed by atoms with Gasteiger partial charge in [0.15, 0.2) is 0 Å². The summed E-state index contributed by atoms with van der Waals surface area (Å²) in [6.07, 6.45) is 2.89. The molecule has 2 N–H and O–H groups in total. The molecule has 2 nitrogen and oxygen atoms in total. The van der Waals surface area contributed by atoms with Gasteiger partial charge in [0, 0.05) is 24.8 Å². The largest absolute Gasteiger partial charge is 0.368 e. The lowest BCUT2D eigenvalue weighted by Gasteiger charge is -2.28. The lowest BCUT2D eigenvalue weighted by Crippen LogP contribution is -2.28. The van der Waals surface area contributed by atoms with Crippen molar-refractivity contribution in [3.05, 3.63) is 42.5 Å². The van der Waals surface area contributed by atoms with Crippen molar-refractivity contribution in [2.75, 3.05) is 11.9 Å². The second-order valence-electron chi connectivity index (χ2n) is 4.16. The van der Waals surface area contributed by atoms with Gasteiger partial charge in [0.05, 0.1) is 0 Å². The van der Waals surface area contributed by atoms with Crippen LogP contribution in [0.4, 0.5) is 5.69 Å². The van der Waals surface area contributed by atoms with Crippen molar-refractivity contribution in [3.63, 3.8) is 0 Å². The molecule has 0 radical (unpaired) electrons. The van der Waals surface area contributed by atoms with Gasteiger partial charge in [-0.25, -0.2) is 0 Å². The fraction of sp³-hybridized carbons (Fsp3) is 0.429. The van der Waals surface area contributed by atoms with Gasteiger partial charge in [0.1, 0.15) is 0 Å². The average Bonchev–Trinajstić information content (AvgIpc) is 2.35. The maximum atomic E-state index is 6.12. The van der Waals surface area contributed by atoms with Crippen LogP contribution in [0.3, 0.4) is 0 Å². The van der Waals surface area contributed by atoms with E-state index in [1.807, 2.05) is 18.2 Å². The molecule has 2 atom stereocenters. The van der Waals surface area contributed by atoms with Crippen molar-refractivity contribution < 1.29 is 0 Å². The van der Waals surface area contributed by atoms with E-state index in [9.17, 15) is 0 Å². The fourth-order valence-corrected chi connectivity index (χ4v) is 1.72. The molecule has 0 aliphatic heterocycles. The van der Waals surface area contributed by atoms with Crippen LogP contribution in [-0.4, -0.2) is 13.1 Å². The lowest BCUT2D eigenvalue weighted by molar-refractivity contribution is 0.690. The molecule has 0 bridgehead atoms. The van der Waals surface area contributed by atoms with Crippen molar-refractivity contribution in [1.29, 1.82) is 0 Å². The topological polar surface area (TPSA) is 29.3 Å². The van der Waals surface area contributed by atoms with Crippen LogP contribution < -0.4 is 10.6 Å². The second-order valence-corrected chi connectivity index (χ2v) is 4.16. The highest BCUT2D eigenvalue weighted by atomic mass is 15.1. The van der Waals surface area contributed by atoms with Gasteiger partial charge in [0.2, 0.25) is 0 Å². The number of nitrogens with zero attached hydrogens (tertiary/aromatic N) is 1. The molecule has 88 valence electrons. The molecular weight excluding hydrogens is 196 g/mol. The molecule has 1 aromatic carbocycles. The molecule has 0 fully saturated rings. The van der Waals surface area contributed by atoms with Crippen LogP contribution in [0, 0.1) is 0 Å². The van der Waals surface area contributed by atoms with E-state index < -0.39 is 0 Å². The van der Waals surface area contributed by atoms with E-state index in [1.54, 1.807) is 0 Å². The summed E-state index contributed by atoms with van der Waals surface area (Å²) in [5.41, 5.74) is 8.53. The summed E-state index contributed by atoms with van der Waals surface area (Å²) >= 11 is 0. The van der Waals surface area contributed by atoms with E-state index in [-0.39, 0.29) is 6.04 Å². The molecule has 0 amide bonds. The van der Waals surface area contributed by atoms with Crippen molar-refractivity contribution in [2.24, 2.45) is 5.73 Å². The Labute approximate surface area is 98.8 Å². The summed E-state index contributed by atoms with van der Waals surface area (Å²) in [6, 6.07) is 8.73. The zero-order chi connectivity index (χ0) is 12.1. The van der Waals surface area contributed by atoms with Crippen LogP contribution in [0.25, 0.3) is 0 Å². The highest BCUT2D eigenvalue weighted by molar-refractivity contribution is 5.55. The Bertz CT molecular complexity index is 346. The van der Waals surface area contributed by atoms with Crippen LogP contribution >= 0.6 is 0 Å². The Morgan fingerprint density at radius 2 is 2.06 bits per heavy atom. The fourth-order valence-electron chi connectivity index (χ4n) is 1.72. The van der Waals surface area contributed by atoms with Gasteiger partial charge < -0.3 is 10.6 Å². The molecule has 2 unspecified atom stereocenters. The summed E-state index contributed by atoms with van der Waals surface area (Å²) in [7, 11) is 2.08. The van der Waals surface area contributed by atoms with Crippen LogP contribution in [-0.2, 0) is 0 Å². The Morgan fingerprint density at radius 1 is 1.44 bits per heavy atom. The molecule has 0 heterocycles. The highest BCUT2D eigenvalue weighted by Crippen LogP contribution is 2.27. The minimum Gasteiger partial charge on any atom is -0.368 e. The third-order valence-electron chi connectivity index (χ3n) is 3.11. The predicted molar refractivity (Wildman–Crippen MR) is 71.7 cm³/mol. The molecule has 0 saturated carbocycles. The minimum absolute atomic E-state index is 0.107.